The number of likely N-dealkylation sites (N-methyl/N-ethyl adjacent to an activating group) is 1. The zero-order valence-electron chi connectivity index (χ0n) is 13.6. The number of carbonyl (C=O) groups is 1. The molecule has 9 nitrogen and oxygen atoms in total. The molecule has 1 aliphatic rings. The fraction of sp³-hybridized carbons (Fsp3) is 0.429. The normalized spacial score (nSPS) is 16.0. The number of nitrogens with zero attached hydrogens (tertiary/aromatic N) is 2. The molecule has 2 heterocycles. The van der Waals surface area contributed by atoms with Crippen LogP contribution in [0.4, 0.5) is 0 Å². The predicted octanol–water partition coefficient (Wildman–Crippen LogP) is -0.670. The third kappa shape index (κ3) is 3.87. The number of aromatic amines is 2. The van der Waals surface area contributed by atoms with E-state index in [2.05, 4.69) is 15.3 Å². The molecule has 1 fully saturated rings. The number of imidazole rings is 1. The van der Waals surface area contributed by atoms with Crippen LogP contribution in [-0.2, 0) is 14.8 Å². The molecule has 11 heteroatoms. The van der Waals surface area contributed by atoms with Crippen molar-refractivity contribution in [2.75, 3.05) is 39.8 Å². The molecule has 0 aliphatic carbocycles. The van der Waals surface area contributed by atoms with E-state index < -0.39 is 10.0 Å². The summed E-state index contributed by atoms with van der Waals surface area (Å²) in [7, 11) is -1.97. The van der Waals surface area contributed by atoms with Crippen molar-refractivity contribution >= 4 is 39.4 Å². The molecule has 0 saturated carbocycles. The highest BCUT2D eigenvalue weighted by molar-refractivity contribution is 7.89. The van der Waals surface area contributed by atoms with E-state index in [0.29, 0.717) is 24.1 Å². The topological polar surface area (TPSA) is 118 Å². The standard InChI is InChI=1S/C14H19N5O4S.ClH/c1-15-9-13(20)18-4-6-19(7-5-18)24(22,23)10-2-3-11-12(8-10)17-14(21)16-11;/h2-3,8,15H,4-7,9H2,1H3,(H2,16,17,21);1H. The Morgan fingerprint density at radius 3 is 2.44 bits per heavy atom. The summed E-state index contributed by atoms with van der Waals surface area (Å²) >= 11 is 0. The van der Waals surface area contributed by atoms with Crippen LogP contribution in [0.1, 0.15) is 0 Å². The van der Waals surface area contributed by atoms with Crippen molar-refractivity contribution in [2.24, 2.45) is 0 Å². The number of H-pyrrole nitrogens is 2. The van der Waals surface area contributed by atoms with Gasteiger partial charge in [-0.3, -0.25) is 4.79 Å². The van der Waals surface area contributed by atoms with Gasteiger partial charge in [-0.25, -0.2) is 13.2 Å². The number of benzene rings is 1. The van der Waals surface area contributed by atoms with E-state index in [0.717, 1.165) is 0 Å². The zero-order chi connectivity index (χ0) is 17.3. The van der Waals surface area contributed by atoms with Gasteiger partial charge in [0.05, 0.1) is 22.5 Å². The number of aromatic nitrogens is 2. The summed E-state index contributed by atoms with van der Waals surface area (Å²) in [5.41, 5.74) is 0.626. The van der Waals surface area contributed by atoms with Gasteiger partial charge in [-0.1, -0.05) is 0 Å². The molecule has 1 aromatic carbocycles. The first-order valence-electron chi connectivity index (χ1n) is 7.56. The molecule has 2 aromatic rings. The number of fused-ring (bicyclic) bond motifs is 1. The number of nitrogens with one attached hydrogen (secondary N) is 3. The van der Waals surface area contributed by atoms with Crippen LogP contribution in [0.2, 0.25) is 0 Å². The first kappa shape index (κ1) is 19.4. The van der Waals surface area contributed by atoms with Crippen LogP contribution in [0.3, 0.4) is 0 Å². The highest BCUT2D eigenvalue weighted by atomic mass is 35.5. The number of carbonyl (C=O) groups excluding carboxylic acids is 1. The molecule has 0 radical (unpaired) electrons. The molecule has 138 valence electrons. The van der Waals surface area contributed by atoms with Gasteiger partial charge >= 0.3 is 5.69 Å². The van der Waals surface area contributed by atoms with Gasteiger partial charge in [-0.15, -0.1) is 12.4 Å². The van der Waals surface area contributed by atoms with E-state index in [9.17, 15) is 18.0 Å². The highest BCUT2D eigenvalue weighted by Gasteiger charge is 2.30. The minimum Gasteiger partial charge on any atom is -0.339 e. The van der Waals surface area contributed by atoms with Crippen molar-refractivity contribution in [1.29, 1.82) is 0 Å². The second kappa shape index (κ2) is 7.56. The van der Waals surface area contributed by atoms with Crippen LogP contribution in [0.15, 0.2) is 27.9 Å². The fourth-order valence-electron chi connectivity index (χ4n) is 2.76. The van der Waals surface area contributed by atoms with Gasteiger partial charge in [0.15, 0.2) is 0 Å². The first-order valence-corrected chi connectivity index (χ1v) is 9.00. The number of hydrogen-bond acceptors (Lipinski definition) is 5. The molecule has 1 aliphatic heterocycles. The van der Waals surface area contributed by atoms with Crippen molar-refractivity contribution in [1.82, 2.24) is 24.5 Å². The van der Waals surface area contributed by atoms with E-state index in [1.165, 1.54) is 16.4 Å². The summed E-state index contributed by atoms with van der Waals surface area (Å²) in [5.74, 6) is -0.0409. The van der Waals surface area contributed by atoms with E-state index in [4.69, 9.17) is 0 Å². The number of piperazine rings is 1. The molecule has 1 amide bonds. The molecule has 0 unspecified atom stereocenters. The lowest BCUT2D eigenvalue weighted by Gasteiger charge is -2.34. The second-order valence-corrected chi connectivity index (χ2v) is 7.54. The number of sulfonamides is 1. The Kier molecular flexibility index (Phi) is 5.88. The van der Waals surface area contributed by atoms with Crippen LogP contribution < -0.4 is 11.0 Å². The minimum absolute atomic E-state index is 0. The van der Waals surface area contributed by atoms with E-state index in [-0.39, 0.29) is 48.5 Å². The molecule has 3 N–H and O–H groups in total. The van der Waals surface area contributed by atoms with Gasteiger partial charge in [0, 0.05) is 26.2 Å². The van der Waals surface area contributed by atoms with Crippen molar-refractivity contribution in [2.45, 2.75) is 4.90 Å². The van der Waals surface area contributed by atoms with E-state index in [1.807, 2.05) is 0 Å². The Hall–Kier alpha value is -1.88. The number of hydrogen-bond donors (Lipinski definition) is 3. The molecule has 1 aromatic heterocycles. The monoisotopic (exact) mass is 389 g/mol. The van der Waals surface area contributed by atoms with Gasteiger partial charge in [-0.05, 0) is 25.2 Å². The van der Waals surface area contributed by atoms with Gasteiger partial charge in [0.2, 0.25) is 15.9 Å². The SMILES string of the molecule is CNCC(=O)N1CCN(S(=O)(=O)c2ccc3[nH]c(=O)[nH]c3c2)CC1.Cl. The Bertz CT molecular complexity index is 915. The lowest BCUT2D eigenvalue weighted by molar-refractivity contribution is -0.131. The summed E-state index contributed by atoms with van der Waals surface area (Å²) in [6, 6.07) is 4.48. The molecule has 25 heavy (non-hydrogen) atoms. The molecule has 0 spiro atoms. The second-order valence-electron chi connectivity index (χ2n) is 5.60. The molecule has 0 bridgehead atoms. The smallest absolute Gasteiger partial charge is 0.323 e. The molecule has 3 rings (SSSR count). The third-order valence-electron chi connectivity index (χ3n) is 4.04. The fourth-order valence-corrected chi connectivity index (χ4v) is 4.21. The summed E-state index contributed by atoms with van der Waals surface area (Å²) in [4.78, 5) is 30.0. The summed E-state index contributed by atoms with van der Waals surface area (Å²) < 4.78 is 26.9. The van der Waals surface area contributed by atoms with Crippen molar-refractivity contribution in [3.8, 4) is 0 Å². The average molecular weight is 390 g/mol. The molecule has 1 saturated heterocycles. The lowest BCUT2D eigenvalue weighted by Crippen LogP contribution is -2.52. The quantitative estimate of drug-likeness (QED) is 0.641. The molecular weight excluding hydrogens is 370 g/mol. The van der Waals surface area contributed by atoms with Crippen LogP contribution in [0.25, 0.3) is 11.0 Å². The van der Waals surface area contributed by atoms with Gasteiger partial charge in [-0.2, -0.15) is 4.31 Å². The maximum Gasteiger partial charge on any atom is 0.323 e. The number of halogens is 1. The Morgan fingerprint density at radius 2 is 1.80 bits per heavy atom. The van der Waals surface area contributed by atoms with Gasteiger partial charge < -0.3 is 20.2 Å². The van der Waals surface area contributed by atoms with Gasteiger partial charge in [0.1, 0.15) is 0 Å². The van der Waals surface area contributed by atoms with E-state index in [1.54, 1.807) is 18.0 Å². The Labute approximate surface area is 150 Å². The highest BCUT2D eigenvalue weighted by Crippen LogP contribution is 2.20. The maximum atomic E-state index is 12.7. The largest absolute Gasteiger partial charge is 0.339 e. The first-order chi connectivity index (χ1) is 11.4. The van der Waals surface area contributed by atoms with E-state index >= 15 is 0 Å². The van der Waals surface area contributed by atoms with Gasteiger partial charge in [0.25, 0.3) is 0 Å². The lowest BCUT2D eigenvalue weighted by atomic mass is 10.3. The van der Waals surface area contributed by atoms with Crippen LogP contribution >= 0.6 is 12.4 Å². The van der Waals surface area contributed by atoms with Crippen LogP contribution in [-0.4, -0.2) is 73.3 Å². The van der Waals surface area contributed by atoms with Crippen molar-refractivity contribution in [3.05, 3.63) is 28.7 Å². The summed E-state index contributed by atoms with van der Waals surface area (Å²) in [6.45, 7) is 1.47. The van der Waals surface area contributed by atoms with Crippen LogP contribution in [0.5, 0.6) is 0 Å². The van der Waals surface area contributed by atoms with Crippen LogP contribution in [0, 0.1) is 0 Å². The van der Waals surface area contributed by atoms with Crippen molar-refractivity contribution in [3.63, 3.8) is 0 Å². The Morgan fingerprint density at radius 1 is 1.16 bits per heavy atom. The predicted molar refractivity (Wildman–Crippen MR) is 95.4 cm³/mol. The third-order valence-corrected chi connectivity index (χ3v) is 5.94. The average Bonchev–Trinajstić information content (AvgIpc) is 2.94. The molecular formula is C14H20ClN5O4S. The number of rotatable bonds is 4. The zero-order valence-corrected chi connectivity index (χ0v) is 15.2. The number of amides is 1. The summed E-state index contributed by atoms with van der Waals surface area (Å²) in [5, 5.41) is 2.80. The summed E-state index contributed by atoms with van der Waals surface area (Å²) in [6.07, 6.45) is 0. The maximum absolute atomic E-state index is 12.7. The minimum atomic E-state index is -3.66. The van der Waals surface area contributed by atoms with Crippen molar-refractivity contribution < 1.29 is 13.2 Å². The Balaban J connectivity index is 0.00000225. The molecule has 0 atom stereocenters.